The van der Waals surface area contributed by atoms with Crippen LogP contribution in [-0.4, -0.2) is 23.7 Å². The van der Waals surface area contributed by atoms with Crippen LogP contribution in [0.2, 0.25) is 0 Å². The molecule has 0 aliphatic carbocycles. The van der Waals surface area contributed by atoms with Crippen LogP contribution >= 0.6 is 0 Å². The Balaban J connectivity index is 2.36. The number of aliphatic hydroxyl groups is 1. The summed E-state index contributed by atoms with van der Waals surface area (Å²) in [4.78, 5) is 11.7. The van der Waals surface area contributed by atoms with E-state index in [2.05, 4.69) is 26.1 Å². The average molecular weight is 264 g/mol. The van der Waals surface area contributed by atoms with E-state index < -0.39 is 6.10 Å². The van der Waals surface area contributed by atoms with E-state index in [0.717, 1.165) is 5.56 Å². The highest BCUT2D eigenvalue weighted by Gasteiger charge is 2.17. The standard InChI is InChI=1S/C15H24N2O2/c1-15(2,3)9-13(18)10-17-14(19)8-11-5-4-6-12(16)7-11/h4-7,13,18H,8-10,16H2,1-3H3,(H,17,19). The number of anilines is 1. The minimum Gasteiger partial charge on any atom is -0.399 e. The first-order chi connectivity index (χ1) is 8.76. The predicted molar refractivity (Wildman–Crippen MR) is 77.6 cm³/mol. The van der Waals surface area contributed by atoms with Crippen LogP contribution in [0.15, 0.2) is 24.3 Å². The molecule has 0 fully saturated rings. The first kappa shape index (κ1) is 15.5. The van der Waals surface area contributed by atoms with Gasteiger partial charge in [0.15, 0.2) is 0 Å². The summed E-state index contributed by atoms with van der Waals surface area (Å²) in [5.41, 5.74) is 7.24. The number of hydrogen-bond donors (Lipinski definition) is 3. The number of carbonyl (C=O) groups excluding carboxylic acids is 1. The molecule has 0 saturated heterocycles. The Bertz CT molecular complexity index is 424. The van der Waals surface area contributed by atoms with Crippen LogP contribution in [0.1, 0.15) is 32.8 Å². The van der Waals surface area contributed by atoms with E-state index in [0.29, 0.717) is 18.7 Å². The summed E-state index contributed by atoms with van der Waals surface area (Å²) in [6.07, 6.45) is 0.434. The van der Waals surface area contributed by atoms with Gasteiger partial charge in [-0.1, -0.05) is 32.9 Å². The summed E-state index contributed by atoms with van der Waals surface area (Å²) < 4.78 is 0. The van der Waals surface area contributed by atoms with Gasteiger partial charge in [0.2, 0.25) is 5.91 Å². The van der Waals surface area contributed by atoms with Crippen molar-refractivity contribution in [2.24, 2.45) is 5.41 Å². The SMILES string of the molecule is CC(C)(C)CC(O)CNC(=O)Cc1cccc(N)c1. The third kappa shape index (κ3) is 6.82. The number of nitrogens with two attached hydrogens (primary N) is 1. The largest absolute Gasteiger partial charge is 0.399 e. The molecule has 1 atom stereocenters. The zero-order valence-electron chi connectivity index (χ0n) is 11.9. The number of hydrogen-bond acceptors (Lipinski definition) is 3. The first-order valence-electron chi connectivity index (χ1n) is 6.55. The minimum atomic E-state index is -0.509. The molecule has 4 N–H and O–H groups in total. The smallest absolute Gasteiger partial charge is 0.224 e. The zero-order valence-corrected chi connectivity index (χ0v) is 11.9. The lowest BCUT2D eigenvalue weighted by Crippen LogP contribution is -2.35. The summed E-state index contributed by atoms with van der Waals surface area (Å²) in [6.45, 7) is 6.47. The van der Waals surface area contributed by atoms with E-state index in [4.69, 9.17) is 5.73 Å². The van der Waals surface area contributed by atoms with Gasteiger partial charge in [0, 0.05) is 12.2 Å². The Morgan fingerprint density at radius 2 is 2.11 bits per heavy atom. The zero-order chi connectivity index (χ0) is 14.5. The number of nitrogen functional groups attached to an aromatic ring is 1. The van der Waals surface area contributed by atoms with E-state index in [1.54, 1.807) is 12.1 Å². The topological polar surface area (TPSA) is 75.3 Å². The average Bonchev–Trinajstić information content (AvgIpc) is 2.24. The lowest BCUT2D eigenvalue weighted by atomic mass is 9.89. The maximum absolute atomic E-state index is 11.7. The molecule has 4 nitrogen and oxygen atoms in total. The van der Waals surface area contributed by atoms with E-state index >= 15 is 0 Å². The van der Waals surface area contributed by atoms with Crippen molar-refractivity contribution in [3.8, 4) is 0 Å². The summed E-state index contributed by atoms with van der Waals surface area (Å²) in [5.74, 6) is -0.0986. The molecule has 0 aromatic heterocycles. The Morgan fingerprint density at radius 3 is 2.68 bits per heavy atom. The third-order valence-corrected chi connectivity index (χ3v) is 2.70. The maximum Gasteiger partial charge on any atom is 0.224 e. The lowest BCUT2D eigenvalue weighted by Gasteiger charge is -2.22. The first-order valence-corrected chi connectivity index (χ1v) is 6.55. The second kappa shape index (κ2) is 6.57. The molecule has 0 saturated carbocycles. The number of amides is 1. The van der Waals surface area contributed by atoms with E-state index in [-0.39, 0.29) is 17.7 Å². The van der Waals surface area contributed by atoms with Gasteiger partial charge >= 0.3 is 0 Å². The van der Waals surface area contributed by atoms with Gasteiger partial charge in [0.1, 0.15) is 0 Å². The number of rotatable bonds is 5. The molecule has 106 valence electrons. The van der Waals surface area contributed by atoms with E-state index in [1.165, 1.54) is 0 Å². The Morgan fingerprint density at radius 1 is 1.42 bits per heavy atom. The van der Waals surface area contributed by atoms with Crippen LogP contribution in [0.5, 0.6) is 0 Å². The molecule has 4 heteroatoms. The van der Waals surface area contributed by atoms with Gasteiger partial charge in [-0.25, -0.2) is 0 Å². The highest BCUT2D eigenvalue weighted by Crippen LogP contribution is 2.20. The molecule has 1 aromatic carbocycles. The molecular weight excluding hydrogens is 240 g/mol. The summed E-state index contributed by atoms with van der Waals surface area (Å²) in [7, 11) is 0. The summed E-state index contributed by atoms with van der Waals surface area (Å²) in [5, 5.41) is 12.6. The van der Waals surface area contributed by atoms with Gasteiger partial charge in [-0.3, -0.25) is 4.79 Å². The van der Waals surface area contributed by atoms with Crippen molar-refractivity contribution in [1.82, 2.24) is 5.32 Å². The monoisotopic (exact) mass is 264 g/mol. The molecule has 0 radical (unpaired) electrons. The normalized spacial score (nSPS) is 13.1. The van der Waals surface area contributed by atoms with Crippen molar-refractivity contribution in [1.29, 1.82) is 0 Å². The molecule has 1 amide bonds. The second-order valence-corrected chi connectivity index (χ2v) is 6.14. The van der Waals surface area contributed by atoms with Crippen LogP contribution < -0.4 is 11.1 Å². The number of carbonyl (C=O) groups is 1. The van der Waals surface area contributed by atoms with Crippen LogP contribution in [0.3, 0.4) is 0 Å². The molecule has 1 aromatic rings. The number of nitrogens with one attached hydrogen (secondary N) is 1. The van der Waals surface area contributed by atoms with Gasteiger partial charge in [-0.2, -0.15) is 0 Å². The molecule has 1 rings (SSSR count). The maximum atomic E-state index is 11.7. The fraction of sp³-hybridized carbons (Fsp3) is 0.533. The molecule has 0 heterocycles. The van der Waals surface area contributed by atoms with Gasteiger partial charge in [-0.15, -0.1) is 0 Å². The van der Waals surface area contributed by atoms with E-state index in [9.17, 15) is 9.90 Å². The van der Waals surface area contributed by atoms with Gasteiger partial charge in [0.05, 0.1) is 12.5 Å². The molecule has 0 aliphatic rings. The molecular formula is C15H24N2O2. The second-order valence-electron chi connectivity index (χ2n) is 6.14. The molecule has 0 aliphatic heterocycles. The fourth-order valence-electron chi connectivity index (χ4n) is 1.96. The highest BCUT2D eigenvalue weighted by atomic mass is 16.3. The molecule has 19 heavy (non-hydrogen) atoms. The lowest BCUT2D eigenvalue weighted by molar-refractivity contribution is -0.121. The van der Waals surface area contributed by atoms with Crippen LogP contribution in [0.25, 0.3) is 0 Å². The van der Waals surface area contributed by atoms with Crippen molar-refractivity contribution < 1.29 is 9.90 Å². The molecule has 0 spiro atoms. The minimum absolute atomic E-state index is 0.0536. The Hall–Kier alpha value is -1.55. The Kier molecular flexibility index (Phi) is 5.36. The number of benzene rings is 1. The van der Waals surface area contributed by atoms with Crippen molar-refractivity contribution in [2.45, 2.75) is 39.7 Å². The summed E-state index contributed by atoms with van der Waals surface area (Å²) >= 11 is 0. The van der Waals surface area contributed by atoms with Crippen molar-refractivity contribution in [3.63, 3.8) is 0 Å². The van der Waals surface area contributed by atoms with Crippen LogP contribution in [0.4, 0.5) is 5.69 Å². The predicted octanol–water partition coefficient (Wildman–Crippen LogP) is 1.72. The molecule has 0 bridgehead atoms. The highest BCUT2D eigenvalue weighted by molar-refractivity contribution is 5.78. The van der Waals surface area contributed by atoms with E-state index in [1.807, 2.05) is 12.1 Å². The molecule has 1 unspecified atom stereocenters. The summed E-state index contributed by atoms with van der Waals surface area (Å²) in [6, 6.07) is 7.26. The number of aliphatic hydroxyl groups excluding tert-OH is 1. The van der Waals surface area contributed by atoms with Crippen molar-refractivity contribution >= 4 is 11.6 Å². The quantitative estimate of drug-likeness (QED) is 0.709. The van der Waals surface area contributed by atoms with Crippen LogP contribution in [0, 0.1) is 5.41 Å². The van der Waals surface area contributed by atoms with Crippen molar-refractivity contribution in [3.05, 3.63) is 29.8 Å². The fourth-order valence-corrected chi connectivity index (χ4v) is 1.96. The van der Waals surface area contributed by atoms with Crippen LogP contribution in [-0.2, 0) is 11.2 Å². The van der Waals surface area contributed by atoms with Crippen molar-refractivity contribution in [2.75, 3.05) is 12.3 Å². The van der Waals surface area contributed by atoms with Gasteiger partial charge in [0.25, 0.3) is 0 Å². The van der Waals surface area contributed by atoms with Gasteiger partial charge in [-0.05, 0) is 29.5 Å². The third-order valence-electron chi connectivity index (χ3n) is 2.70. The Labute approximate surface area is 115 Å². The van der Waals surface area contributed by atoms with Gasteiger partial charge < -0.3 is 16.2 Å².